The maximum absolute atomic E-state index is 12.6. The first-order chi connectivity index (χ1) is 10.4. The van der Waals surface area contributed by atoms with Crippen molar-refractivity contribution in [3.63, 3.8) is 0 Å². The van der Waals surface area contributed by atoms with Crippen LogP contribution in [0.5, 0.6) is 0 Å². The Morgan fingerprint density at radius 2 is 1.83 bits per heavy atom. The van der Waals surface area contributed by atoms with Gasteiger partial charge in [-0.05, 0) is 12.1 Å². The Bertz CT molecular complexity index is 657. The summed E-state index contributed by atoms with van der Waals surface area (Å²) in [4.78, 5) is 21.4. The first-order valence-electron chi connectivity index (χ1n) is 5.92. The number of hydrogen-bond acceptors (Lipinski definition) is 4. The van der Waals surface area contributed by atoms with E-state index in [0.717, 1.165) is 0 Å². The Morgan fingerprint density at radius 3 is 2.26 bits per heavy atom. The highest BCUT2D eigenvalue weighted by atomic mass is 19.4. The van der Waals surface area contributed by atoms with Crippen LogP contribution in [0.3, 0.4) is 0 Å². The van der Waals surface area contributed by atoms with Gasteiger partial charge in [-0.2, -0.15) is 26.3 Å². The zero-order chi connectivity index (χ0) is 17.6. The van der Waals surface area contributed by atoms with Gasteiger partial charge in [0.2, 0.25) is 0 Å². The second kappa shape index (κ2) is 5.37. The highest BCUT2D eigenvalue weighted by molar-refractivity contribution is 5.98. The summed E-state index contributed by atoms with van der Waals surface area (Å²) < 4.78 is 75.5. The average Bonchev–Trinajstić information content (AvgIpc) is 2.78. The van der Waals surface area contributed by atoms with Crippen LogP contribution in [-0.2, 0) is 11.0 Å². The van der Waals surface area contributed by atoms with Crippen molar-refractivity contribution in [2.75, 3.05) is 11.6 Å². The molecule has 1 unspecified atom stereocenters. The van der Waals surface area contributed by atoms with Crippen LogP contribution in [0.2, 0.25) is 0 Å². The van der Waals surface area contributed by atoms with Crippen molar-refractivity contribution in [2.24, 2.45) is 5.92 Å². The minimum atomic E-state index is -4.88. The van der Waals surface area contributed by atoms with Crippen molar-refractivity contribution in [3.8, 4) is 0 Å². The van der Waals surface area contributed by atoms with Crippen LogP contribution in [-0.4, -0.2) is 23.6 Å². The highest BCUT2D eigenvalue weighted by Gasteiger charge is 2.51. The van der Waals surface area contributed by atoms with E-state index in [4.69, 9.17) is 0 Å². The van der Waals surface area contributed by atoms with Crippen molar-refractivity contribution in [1.29, 1.82) is 0 Å². The molecule has 0 aromatic heterocycles. The molecular formula is C11H7F6N3O3. The lowest BCUT2D eigenvalue weighted by Gasteiger charge is -2.18. The van der Waals surface area contributed by atoms with Crippen molar-refractivity contribution >= 4 is 17.3 Å². The number of benzene rings is 1. The summed E-state index contributed by atoms with van der Waals surface area (Å²) in [5.74, 6) is -3.95. The van der Waals surface area contributed by atoms with Gasteiger partial charge in [0.25, 0.3) is 11.6 Å². The summed E-state index contributed by atoms with van der Waals surface area (Å²) in [7, 11) is 0. The number of carbonyl (C=O) groups is 1. The predicted octanol–water partition coefficient (Wildman–Crippen LogP) is 2.64. The standard InChI is InChI=1S/C11H7F6N3O3/c12-10(13,14)5-1-2-7(8(3-5)20(22)23)19-9(21)6(4-18-19)11(15,16)17/h1-3,6,18H,4H2. The van der Waals surface area contributed by atoms with Gasteiger partial charge in [0, 0.05) is 12.6 Å². The molecule has 0 saturated carbocycles. The molecule has 1 N–H and O–H groups in total. The van der Waals surface area contributed by atoms with E-state index in [2.05, 4.69) is 0 Å². The Hall–Kier alpha value is -2.37. The van der Waals surface area contributed by atoms with E-state index < -0.39 is 52.6 Å². The lowest BCUT2D eigenvalue weighted by molar-refractivity contribution is -0.384. The Labute approximate surface area is 123 Å². The van der Waals surface area contributed by atoms with E-state index in [-0.39, 0.29) is 11.1 Å². The fourth-order valence-electron chi connectivity index (χ4n) is 2.00. The third kappa shape index (κ3) is 3.21. The number of nitro groups is 1. The van der Waals surface area contributed by atoms with Gasteiger partial charge in [-0.25, -0.2) is 10.4 Å². The fourth-order valence-corrected chi connectivity index (χ4v) is 2.00. The molecule has 126 valence electrons. The Balaban J connectivity index is 2.45. The summed E-state index contributed by atoms with van der Waals surface area (Å²) >= 11 is 0. The van der Waals surface area contributed by atoms with Gasteiger partial charge in [0.15, 0.2) is 0 Å². The molecule has 1 saturated heterocycles. The second-order valence-corrected chi connectivity index (χ2v) is 4.59. The number of nitrogens with zero attached hydrogens (tertiary/aromatic N) is 2. The van der Waals surface area contributed by atoms with E-state index >= 15 is 0 Å². The van der Waals surface area contributed by atoms with Crippen molar-refractivity contribution < 1.29 is 36.1 Å². The maximum Gasteiger partial charge on any atom is 0.416 e. The number of nitrogens with one attached hydrogen (secondary N) is 1. The van der Waals surface area contributed by atoms with E-state index in [9.17, 15) is 41.3 Å². The van der Waals surface area contributed by atoms with E-state index in [1.807, 2.05) is 5.43 Å². The molecule has 0 bridgehead atoms. The summed E-state index contributed by atoms with van der Waals surface area (Å²) in [5, 5.41) is 11.1. The number of carbonyl (C=O) groups excluding carboxylic acids is 1. The van der Waals surface area contributed by atoms with Crippen molar-refractivity contribution in [2.45, 2.75) is 12.4 Å². The number of nitro benzene ring substituents is 1. The van der Waals surface area contributed by atoms with Crippen LogP contribution in [0.15, 0.2) is 18.2 Å². The fraction of sp³-hybridized carbons (Fsp3) is 0.364. The van der Waals surface area contributed by atoms with Gasteiger partial charge in [-0.15, -0.1) is 0 Å². The van der Waals surface area contributed by atoms with Crippen LogP contribution in [0.1, 0.15) is 5.56 Å². The third-order valence-corrected chi connectivity index (χ3v) is 3.11. The first kappa shape index (κ1) is 17.0. The van der Waals surface area contributed by atoms with E-state index in [1.54, 1.807) is 0 Å². The molecule has 1 heterocycles. The normalized spacial score (nSPS) is 19.3. The Morgan fingerprint density at radius 1 is 1.22 bits per heavy atom. The minimum Gasteiger partial charge on any atom is -0.272 e. The molecule has 1 amide bonds. The van der Waals surface area contributed by atoms with Gasteiger partial charge in [-0.1, -0.05) is 0 Å². The van der Waals surface area contributed by atoms with Crippen LogP contribution < -0.4 is 10.4 Å². The molecule has 0 aliphatic carbocycles. The minimum absolute atomic E-state index is 0.158. The summed E-state index contributed by atoms with van der Waals surface area (Å²) in [6, 6.07) is 1.17. The zero-order valence-corrected chi connectivity index (χ0v) is 10.9. The molecule has 6 nitrogen and oxygen atoms in total. The van der Waals surface area contributed by atoms with E-state index in [1.165, 1.54) is 0 Å². The molecule has 1 aromatic rings. The zero-order valence-electron chi connectivity index (χ0n) is 10.9. The molecule has 12 heteroatoms. The van der Waals surface area contributed by atoms with Crippen LogP contribution >= 0.6 is 0 Å². The molecule has 1 fully saturated rings. The van der Waals surface area contributed by atoms with Crippen LogP contribution in [0.4, 0.5) is 37.7 Å². The lowest BCUT2D eigenvalue weighted by Crippen LogP contribution is -2.37. The topological polar surface area (TPSA) is 75.5 Å². The van der Waals surface area contributed by atoms with Crippen molar-refractivity contribution in [1.82, 2.24) is 5.43 Å². The number of alkyl halides is 6. The highest BCUT2D eigenvalue weighted by Crippen LogP contribution is 2.38. The molecule has 23 heavy (non-hydrogen) atoms. The van der Waals surface area contributed by atoms with Gasteiger partial charge in [0.1, 0.15) is 11.6 Å². The Kier molecular flexibility index (Phi) is 3.96. The molecule has 1 aliphatic heterocycles. The molecule has 0 radical (unpaired) electrons. The number of hydrazine groups is 1. The quantitative estimate of drug-likeness (QED) is 0.509. The maximum atomic E-state index is 12.6. The number of halogens is 6. The number of hydrogen-bond donors (Lipinski definition) is 1. The predicted molar refractivity (Wildman–Crippen MR) is 63.1 cm³/mol. The second-order valence-electron chi connectivity index (χ2n) is 4.59. The summed E-state index contributed by atoms with van der Waals surface area (Å²) in [5.41, 5.74) is -1.17. The molecule has 0 spiro atoms. The third-order valence-electron chi connectivity index (χ3n) is 3.11. The van der Waals surface area contributed by atoms with Crippen molar-refractivity contribution in [3.05, 3.63) is 33.9 Å². The summed E-state index contributed by atoms with van der Waals surface area (Å²) in [6.07, 6.45) is -9.75. The molecule has 2 rings (SSSR count). The smallest absolute Gasteiger partial charge is 0.272 e. The van der Waals surface area contributed by atoms with Gasteiger partial charge < -0.3 is 0 Å². The van der Waals surface area contributed by atoms with Gasteiger partial charge >= 0.3 is 12.4 Å². The molecular weight excluding hydrogens is 336 g/mol. The number of rotatable bonds is 2. The SMILES string of the molecule is O=C1C(C(F)(F)F)CNN1c1ccc(C(F)(F)F)cc1[N+](=O)[O-]. The monoisotopic (exact) mass is 343 g/mol. The number of amides is 1. The lowest BCUT2D eigenvalue weighted by atomic mass is 10.1. The average molecular weight is 343 g/mol. The largest absolute Gasteiger partial charge is 0.416 e. The van der Waals surface area contributed by atoms with Gasteiger partial charge in [0.05, 0.1) is 10.5 Å². The summed E-state index contributed by atoms with van der Waals surface area (Å²) in [6.45, 7) is -0.861. The molecule has 1 aromatic carbocycles. The molecule has 1 aliphatic rings. The molecule has 1 atom stereocenters. The van der Waals surface area contributed by atoms with E-state index in [0.29, 0.717) is 12.1 Å². The first-order valence-corrected chi connectivity index (χ1v) is 5.92. The van der Waals surface area contributed by atoms with Crippen LogP contribution in [0.25, 0.3) is 0 Å². The number of anilines is 1. The van der Waals surface area contributed by atoms with Gasteiger partial charge in [-0.3, -0.25) is 14.9 Å². The van der Waals surface area contributed by atoms with Crippen LogP contribution in [0, 0.1) is 16.0 Å².